The van der Waals surface area contributed by atoms with Gasteiger partial charge in [0.2, 0.25) is 0 Å². The Labute approximate surface area is 91.6 Å². The zero-order valence-corrected chi connectivity index (χ0v) is 9.70. The predicted molar refractivity (Wildman–Crippen MR) is 58.6 cm³/mol. The van der Waals surface area contributed by atoms with Gasteiger partial charge in [0.05, 0.1) is 4.47 Å². The van der Waals surface area contributed by atoms with Gasteiger partial charge in [-0.1, -0.05) is 6.07 Å². The highest BCUT2D eigenvalue weighted by atomic mass is 79.9. The SMILES string of the molecule is Cc1cc(C2(N)CCC2)cc(Br)c1F. The van der Waals surface area contributed by atoms with Gasteiger partial charge in [0, 0.05) is 5.54 Å². The van der Waals surface area contributed by atoms with E-state index in [9.17, 15) is 4.39 Å². The fraction of sp³-hybridized carbons (Fsp3) is 0.455. The Kier molecular flexibility index (Phi) is 2.40. The van der Waals surface area contributed by atoms with Crippen LogP contribution in [0.1, 0.15) is 30.4 Å². The fourth-order valence-electron chi connectivity index (χ4n) is 1.86. The molecule has 1 aliphatic carbocycles. The maximum absolute atomic E-state index is 13.3. The molecule has 0 saturated heterocycles. The molecule has 3 heteroatoms. The molecule has 1 aromatic carbocycles. The van der Waals surface area contributed by atoms with Gasteiger partial charge in [-0.2, -0.15) is 0 Å². The Morgan fingerprint density at radius 1 is 1.43 bits per heavy atom. The van der Waals surface area contributed by atoms with Crippen molar-refractivity contribution in [1.29, 1.82) is 0 Å². The summed E-state index contributed by atoms with van der Waals surface area (Å²) in [5.41, 5.74) is 7.67. The van der Waals surface area contributed by atoms with Crippen molar-refractivity contribution >= 4 is 15.9 Å². The molecular weight excluding hydrogens is 245 g/mol. The Hall–Kier alpha value is -0.410. The molecule has 0 aromatic heterocycles. The van der Waals surface area contributed by atoms with Gasteiger partial charge in [0.25, 0.3) is 0 Å². The van der Waals surface area contributed by atoms with Crippen molar-refractivity contribution in [2.45, 2.75) is 31.7 Å². The van der Waals surface area contributed by atoms with Crippen molar-refractivity contribution in [3.63, 3.8) is 0 Å². The number of hydrogen-bond acceptors (Lipinski definition) is 1. The maximum Gasteiger partial charge on any atom is 0.140 e. The molecule has 76 valence electrons. The molecule has 1 saturated carbocycles. The molecule has 0 heterocycles. The van der Waals surface area contributed by atoms with E-state index in [1.807, 2.05) is 12.1 Å². The van der Waals surface area contributed by atoms with Crippen LogP contribution >= 0.6 is 15.9 Å². The summed E-state index contributed by atoms with van der Waals surface area (Å²) < 4.78 is 13.9. The van der Waals surface area contributed by atoms with E-state index in [4.69, 9.17) is 5.73 Å². The van der Waals surface area contributed by atoms with Crippen LogP contribution in [-0.4, -0.2) is 0 Å². The van der Waals surface area contributed by atoms with Crippen LogP contribution in [0, 0.1) is 12.7 Å². The summed E-state index contributed by atoms with van der Waals surface area (Å²) >= 11 is 3.21. The molecule has 14 heavy (non-hydrogen) atoms. The van der Waals surface area contributed by atoms with E-state index in [-0.39, 0.29) is 11.4 Å². The van der Waals surface area contributed by atoms with Crippen LogP contribution in [0.2, 0.25) is 0 Å². The van der Waals surface area contributed by atoms with E-state index in [1.54, 1.807) is 6.92 Å². The smallest absolute Gasteiger partial charge is 0.140 e. The topological polar surface area (TPSA) is 26.0 Å². The lowest BCUT2D eigenvalue weighted by molar-refractivity contribution is 0.253. The molecule has 0 radical (unpaired) electrons. The predicted octanol–water partition coefficient (Wildman–Crippen LogP) is 3.23. The van der Waals surface area contributed by atoms with Gasteiger partial charge >= 0.3 is 0 Å². The van der Waals surface area contributed by atoms with Crippen LogP contribution in [0.25, 0.3) is 0 Å². The van der Waals surface area contributed by atoms with Crippen LogP contribution in [0.5, 0.6) is 0 Å². The molecule has 1 aliphatic rings. The molecule has 0 unspecified atom stereocenters. The van der Waals surface area contributed by atoms with E-state index in [0.29, 0.717) is 10.0 Å². The first kappa shape index (κ1) is 10.1. The van der Waals surface area contributed by atoms with Crippen LogP contribution in [0.15, 0.2) is 16.6 Å². The fourth-order valence-corrected chi connectivity index (χ4v) is 2.42. The number of rotatable bonds is 1. The second kappa shape index (κ2) is 3.31. The molecule has 2 rings (SSSR count). The Bertz CT molecular complexity index is 349. The monoisotopic (exact) mass is 257 g/mol. The molecule has 0 bridgehead atoms. The van der Waals surface area contributed by atoms with Crippen molar-refractivity contribution in [2.75, 3.05) is 0 Å². The number of aryl methyl sites for hydroxylation is 1. The van der Waals surface area contributed by atoms with Gasteiger partial charge in [-0.05, 0) is 59.3 Å². The van der Waals surface area contributed by atoms with Crippen molar-refractivity contribution < 1.29 is 4.39 Å². The quantitative estimate of drug-likeness (QED) is 0.822. The van der Waals surface area contributed by atoms with Crippen LogP contribution in [0.3, 0.4) is 0 Å². The number of halogens is 2. The summed E-state index contributed by atoms with van der Waals surface area (Å²) in [4.78, 5) is 0. The normalized spacial score (nSPS) is 19.1. The van der Waals surface area contributed by atoms with Crippen molar-refractivity contribution in [3.8, 4) is 0 Å². The average molecular weight is 258 g/mol. The third-order valence-corrected chi connectivity index (χ3v) is 3.61. The minimum Gasteiger partial charge on any atom is -0.321 e. The Balaban J connectivity index is 2.45. The first-order chi connectivity index (χ1) is 6.53. The molecule has 0 aliphatic heterocycles. The summed E-state index contributed by atoms with van der Waals surface area (Å²) in [6, 6.07) is 3.67. The van der Waals surface area contributed by atoms with E-state index in [0.717, 1.165) is 18.4 Å². The highest BCUT2D eigenvalue weighted by Crippen LogP contribution is 2.40. The van der Waals surface area contributed by atoms with Crippen molar-refractivity contribution in [1.82, 2.24) is 0 Å². The van der Waals surface area contributed by atoms with Crippen molar-refractivity contribution in [3.05, 3.63) is 33.5 Å². The summed E-state index contributed by atoms with van der Waals surface area (Å²) in [6.45, 7) is 1.77. The first-order valence-electron chi connectivity index (χ1n) is 4.78. The Morgan fingerprint density at radius 2 is 2.07 bits per heavy atom. The molecule has 2 N–H and O–H groups in total. The van der Waals surface area contributed by atoms with Crippen LogP contribution in [-0.2, 0) is 5.54 Å². The second-order valence-electron chi connectivity index (χ2n) is 4.10. The summed E-state index contributed by atoms with van der Waals surface area (Å²) in [7, 11) is 0. The Morgan fingerprint density at radius 3 is 2.50 bits per heavy atom. The average Bonchev–Trinajstić information content (AvgIpc) is 2.09. The molecule has 0 spiro atoms. The molecule has 1 aromatic rings. The number of nitrogens with two attached hydrogens (primary N) is 1. The first-order valence-corrected chi connectivity index (χ1v) is 5.57. The largest absolute Gasteiger partial charge is 0.321 e. The third-order valence-electron chi connectivity index (χ3n) is 3.03. The highest BCUT2D eigenvalue weighted by molar-refractivity contribution is 9.10. The third kappa shape index (κ3) is 1.48. The minimum absolute atomic E-state index is 0.184. The second-order valence-corrected chi connectivity index (χ2v) is 4.95. The molecular formula is C11H13BrFN. The maximum atomic E-state index is 13.3. The van der Waals surface area contributed by atoms with Crippen LogP contribution in [0.4, 0.5) is 4.39 Å². The lowest BCUT2D eigenvalue weighted by atomic mass is 9.72. The van der Waals surface area contributed by atoms with Gasteiger partial charge in [0.1, 0.15) is 5.82 Å². The molecule has 0 amide bonds. The molecule has 0 atom stereocenters. The summed E-state index contributed by atoms with van der Waals surface area (Å²) in [6.07, 6.45) is 3.18. The number of hydrogen-bond donors (Lipinski definition) is 1. The van der Waals surface area contributed by atoms with Gasteiger partial charge in [-0.3, -0.25) is 0 Å². The van der Waals surface area contributed by atoms with E-state index < -0.39 is 0 Å². The highest BCUT2D eigenvalue weighted by Gasteiger charge is 2.34. The van der Waals surface area contributed by atoms with Gasteiger partial charge in [-0.25, -0.2) is 4.39 Å². The van der Waals surface area contributed by atoms with E-state index >= 15 is 0 Å². The standard InChI is InChI=1S/C11H13BrFN/c1-7-5-8(6-9(12)10(7)13)11(14)3-2-4-11/h5-6H,2-4,14H2,1H3. The zero-order chi connectivity index (χ0) is 10.3. The van der Waals surface area contributed by atoms with Gasteiger partial charge in [0.15, 0.2) is 0 Å². The lowest BCUT2D eigenvalue weighted by Gasteiger charge is -2.39. The molecule has 1 nitrogen and oxygen atoms in total. The lowest BCUT2D eigenvalue weighted by Crippen LogP contribution is -2.43. The van der Waals surface area contributed by atoms with E-state index in [1.165, 1.54) is 6.42 Å². The van der Waals surface area contributed by atoms with Gasteiger partial charge < -0.3 is 5.73 Å². The zero-order valence-electron chi connectivity index (χ0n) is 8.11. The van der Waals surface area contributed by atoms with E-state index in [2.05, 4.69) is 15.9 Å². The summed E-state index contributed by atoms with van der Waals surface area (Å²) in [5.74, 6) is -0.184. The minimum atomic E-state index is -0.207. The number of benzene rings is 1. The van der Waals surface area contributed by atoms with Crippen molar-refractivity contribution in [2.24, 2.45) is 5.73 Å². The molecule has 1 fully saturated rings. The summed E-state index contributed by atoms with van der Waals surface area (Å²) in [5, 5.41) is 0. The van der Waals surface area contributed by atoms with Gasteiger partial charge in [-0.15, -0.1) is 0 Å². The van der Waals surface area contributed by atoms with Crippen LogP contribution < -0.4 is 5.73 Å².